The van der Waals surface area contributed by atoms with Crippen molar-refractivity contribution in [3.63, 3.8) is 0 Å². The molecule has 0 spiro atoms. The van der Waals surface area contributed by atoms with Crippen molar-refractivity contribution in [3.05, 3.63) is 54.7 Å². The summed E-state index contributed by atoms with van der Waals surface area (Å²) in [6, 6.07) is 9.17. The quantitative estimate of drug-likeness (QED) is 0.345. The summed E-state index contributed by atoms with van der Waals surface area (Å²) in [6.45, 7) is 5.64. The van der Waals surface area contributed by atoms with E-state index in [1.54, 1.807) is 12.3 Å². The van der Waals surface area contributed by atoms with Crippen LogP contribution in [-0.2, 0) is 3.07 Å². The number of pyridine rings is 1. The van der Waals surface area contributed by atoms with Crippen molar-refractivity contribution < 1.29 is 33.5 Å². The molecule has 2 bridgehead atoms. The van der Waals surface area contributed by atoms with Crippen LogP contribution in [0, 0.1) is 11.8 Å². The zero-order chi connectivity index (χ0) is 18.3. The number of aromatic nitrogens is 1. The highest BCUT2D eigenvalue weighted by Crippen LogP contribution is 2.42. The first-order chi connectivity index (χ1) is 12.5. The first-order valence-electron chi connectivity index (χ1n) is 8.75. The van der Waals surface area contributed by atoms with E-state index in [4.69, 9.17) is 3.07 Å². The van der Waals surface area contributed by atoms with Crippen LogP contribution in [-0.4, -0.2) is 29.0 Å². The number of hydrogen-bond acceptors (Lipinski definition) is 6. The molecule has 1 aromatic carbocycles. The van der Waals surface area contributed by atoms with Gasteiger partial charge >= 0.3 is 20.1 Å². The average Bonchev–Trinajstić information content (AvgIpc) is 2.65. The summed E-state index contributed by atoms with van der Waals surface area (Å²) in [4.78, 5) is 6.59. The standard InChI is InChI=1S/C19H21IN2O4/c1-2-13-12-22-10-8-14(13)11-18(22)19(26-20(23,24)25)16-7-9-21-17-6-4-3-5-15(16)17/h2-7,9,13-14,18-19H,1,8,10-12H2/t13-,14-,18-,19+/m0/s1. The zero-order valence-electron chi connectivity index (χ0n) is 14.3. The van der Waals surface area contributed by atoms with E-state index in [9.17, 15) is 10.3 Å². The molecule has 0 radical (unpaired) electrons. The van der Waals surface area contributed by atoms with Gasteiger partial charge in [-0.3, -0.25) is 20.2 Å². The Morgan fingerprint density at radius 3 is 2.77 bits per heavy atom. The highest BCUT2D eigenvalue weighted by Gasteiger charge is 2.49. The summed E-state index contributed by atoms with van der Waals surface area (Å²) in [5.41, 5.74) is 1.48. The fraction of sp³-hybridized carbons (Fsp3) is 0.421. The fourth-order valence-corrected chi connectivity index (χ4v) is 5.77. The van der Waals surface area contributed by atoms with Crippen LogP contribution in [0.5, 0.6) is 0 Å². The predicted molar refractivity (Wildman–Crippen MR) is 87.3 cm³/mol. The van der Waals surface area contributed by atoms with E-state index in [0.717, 1.165) is 42.4 Å². The maximum atomic E-state index is 11.6. The second-order valence-corrected chi connectivity index (χ2v) is 9.72. The van der Waals surface area contributed by atoms with E-state index in [1.807, 2.05) is 30.3 Å². The molecular formula is C19H21IN2O4. The molecule has 0 aliphatic carbocycles. The van der Waals surface area contributed by atoms with Crippen molar-refractivity contribution in [2.45, 2.75) is 25.0 Å². The van der Waals surface area contributed by atoms with Crippen LogP contribution in [0.3, 0.4) is 0 Å². The Morgan fingerprint density at radius 1 is 1.27 bits per heavy atom. The molecule has 0 N–H and O–H groups in total. The van der Waals surface area contributed by atoms with E-state index in [0.29, 0.717) is 11.8 Å². The largest absolute Gasteiger partial charge is 0.373 e. The Labute approximate surface area is 158 Å². The maximum Gasteiger partial charge on any atom is 0.373 e. The number of hydrogen-bond donors (Lipinski definition) is 0. The third kappa shape index (κ3) is 3.51. The number of nitrogens with zero attached hydrogens (tertiary/aromatic N) is 2. The van der Waals surface area contributed by atoms with Crippen molar-refractivity contribution in [1.29, 1.82) is 0 Å². The van der Waals surface area contributed by atoms with Gasteiger partial charge in [0.15, 0.2) is 0 Å². The number of halogens is 1. The van der Waals surface area contributed by atoms with Crippen molar-refractivity contribution in [2.75, 3.05) is 13.1 Å². The SMILES string of the molecule is C=C[C@H]1CN2CC[C@H]1C[C@H]2[C@H](O[I+3]([O-])([O-])[O-])c1ccnc2ccccc12. The Kier molecular flexibility index (Phi) is 5.02. The lowest BCUT2D eigenvalue weighted by Gasteiger charge is -2.50. The molecule has 6 nitrogen and oxygen atoms in total. The topological polar surface area (TPSA) is 94.5 Å². The summed E-state index contributed by atoms with van der Waals surface area (Å²) in [6.07, 6.45) is 4.71. The summed E-state index contributed by atoms with van der Waals surface area (Å²) in [5, 5.41) is 0.827. The lowest BCUT2D eigenvalue weighted by atomic mass is 9.73. The Hall–Kier alpha value is -1.10. The van der Waals surface area contributed by atoms with Crippen molar-refractivity contribution in [3.8, 4) is 0 Å². The number of benzene rings is 1. The van der Waals surface area contributed by atoms with Gasteiger partial charge in [0.25, 0.3) is 0 Å². The van der Waals surface area contributed by atoms with E-state index in [2.05, 4.69) is 16.5 Å². The average molecular weight is 468 g/mol. The molecule has 5 rings (SSSR count). The van der Waals surface area contributed by atoms with Gasteiger partial charge in [-0.2, -0.15) is 0 Å². The van der Waals surface area contributed by atoms with Crippen LogP contribution in [0.4, 0.5) is 0 Å². The summed E-state index contributed by atoms with van der Waals surface area (Å²) in [7, 11) is 0. The molecule has 3 aliphatic rings. The normalized spacial score (nSPS) is 29.7. The summed E-state index contributed by atoms with van der Waals surface area (Å²) >= 11 is -5.89. The van der Waals surface area contributed by atoms with Gasteiger partial charge in [-0.25, -0.2) is 0 Å². The van der Waals surface area contributed by atoms with Gasteiger partial charge in [-0.05, 0) is 43.4 Å². The smallest absolute Gasteiger partial charge is 0.296 e. The fourth-order valence-electron chi connectivity index (χ4n) is 4.49. The number of fused-ring (bicyclic) bond motifs is 4. The van der Waals surface area contributed by atoms with E-state index < -0.39 is 26.2 Å². The van der Waals surface area contributed by atoms with Crippen LogP contribution in [0.1, 0.15) is 24.5 Å². The molecule has 3 saturated heterocycles. The molecule has 4 heterocycles. The molecule has 138 valence electrons. The molecule has 1 aromatic heterocycles. The predicted octanol–water partition coefficient (Wildman–Crippen LogP) is -2.91. The van der Waals surface area contributed by atoms with Crippen molar-refractivity contribution >= 4 is 10.9 Å². The first-order valence-corrected chi connectivity index (χ1v) is 12.3. The summed E-state index contributed by atoms with van der Waals surface area (Å²) in [5.74, 6) is 0.861. The third-order valence-electron chi connectivity index (χ3n) is 5.70. The molecule has 3 fully saturated rings. The maximum absolute atomic E-state index is 11.6. The molecule has 3 aliphatic heterocycles. The summed E-state index contributed by atoms with van der Waals surface area (Å²) < 4.78 is 40.0. The molecule has 5 atom stereocenters. The molecule has 7 heteroatoms. The van der Waals surface area contributed by atoms with Crippen LogP contribution in [0.2, 0.25) is 0 Å². The lowest BCUT2D eigenvalue weighted by molar-refractivity contribution is -1.92. The minimum atomic E-state index is -5.89. The minimum Gasteiger partial charge on any atom is -0.296 e. The number of rotatable bonds is 5. The van der Waals surface area contributed by atoms with E-state index in [1.165, 1.54) is 0 Å². The monoisotopic (exact) mass is 468 g/mol. The second kappa shape index (κ2) is 7.14. The van der Waals surface area contributed by atoms with E-state index in [-0.39, 0.29) is 6.04 Å². The number of piperidine rings is 3. The molecule has 1 unspecified atom stereocenters. The molecule has 0 saturated carbocycles. The lowest BCUT2D eigenvalue weighted by Crippen LogP contribution is -4.24. The van der Waals surface area contributed by atoms with Gasteiger partial charge in [0.2, 0.25) is 6.10 Å². The molecule has 26 heavy (non-hydrogen) atoms. The Bertz CT molecular complexity index is 804. The van der Waals surface area contributed by atoms with Gasteiger partial charge in [-0.15, -0.1) is 6.58 Å². The van der Waals surface area contributed by atoms with Gasteiger partial charge in [0.1, 0.15) is 0 Å². The van der Waals surface area contributed by atoms with Crippen LogP contribution in [0.15, 0.2) is 49.2 Å². The van der Waals surface area contributed by atoms with Gasteiger partial charge in [0.05, 0.1) is 11.6 Å². The molecule has 2 aromatic rings. The highest BCUT2D eigenvalue weighted by molar-refractivity contribution is 5.82. The van der Waals surface area contributed by atoms with Crippen LogP contribution >= 0.6 is 0 Å². The van der Waals surface area contributed by atoms with Crippen molar-refractivity contribution in [2.24, 2.45) is 11.8 Å². The highest BCUT2D eigenvalue weighted by atomic mass is 127. The minimum absolute atomic E-state index is 0.129. The van der Waals surface area contributed by atoms with Gasteiger partial charge in [0, 0.05) is 26.8 Å². The second-order valence-electron chi connectivity index (χ2n) is 7.05. The van der Waals surface area contributed by atoms with Crippen LogP contribution in [0.25, 0.3) is 10.9 Å². The number of para-hydroxylation sites is 1. The zero-order valence-corrected chi connectivity index (χ0v) is 16.4. The van der Waals surface area contributed by atoms with E-state index >= 15 is 0 Å². The third-order valence-corrected chi connectivity index (χ3v) is 6.87. The van der Waals surface area contributed by atoms with Crippen LogP contribution < -0.4 is 30.4 Å². The van der Waals surface area contributed by atoms with Gasteiger partial charge in [-0.1, -0.05) is 24.3 Å². The first kappa shape index (κ1) is 18.3. The molecule has 0 amide bonds. The Morgan fingerprint density at radius 2 is 2.08 bits per heavy atom. The van der Waals surface area contributed by atoms with Gasteiger partial charge < -0.3 is 0 Å². The van der Waals surface area contributed by atoms with Crippen molar-refractivity contribution in [1.82, 2.24) is 9.88 Å². The molecular weight excluding hydrogens is 447 g/mol. The Balaban J connectivity index is 1.75.